The molecule has 0 amide bonds. The van der Waals surface area contributed by atoms with E-state index in [-0.39, 0.29) is 18.1 Å². The van der Waals surface area contributed by atoms with Crippen LogP contribution >= 0.6 is 0 Å². The zero-order valence-corrected chi connectivity index (χ0v) is 17.5. The predicted octanol–water partition coefficient (Wildman–Crippen LogP) is 3.42. The second-order valence-corrected chi connectivity index (χ2v) is 8.35. The Hall–Kier alpha value is -2.93. The molecular formula is C23H26N4O3. The van der Waals surface area contributed by atoms with Crippen LogP contribution in [0.15, 0.2) is 36.5 Å². The largest absolute Gasteiger partial charge is 0.497 e. The van der Waals surface area contributed by atoms with E-state index in [2.05, 4.69) is 9.88 Å². The highest BCUT2D eigenvalue weighted by Crippen LogP contribution is 2.43. The molecule has 0 N–H and O–H groups in total. The van der Waals surface area contributed by atoms with Gasteiger partial charge in [0.25, 0.3) is 0 Å². The van der Waals surface area contributed by atoms with Crippen LogP contribution in [0.4, 0.5) is 0 Å². The van der Waals surface area contributed by atoms with Crippen molar-refractivity contribution in [2.24, 2.45) is 0 Å². The number of hydrogen-bond donors (Lipinski definition) is 0. The first kappa shape index (κ1) is 19.1. The minimum atomic E-state index is -0.153. The number of methoxy groups -OCH3 is 1. The fraction of sp³-hybridized carbons (Fsp3) is 0.435. The van der Waals surface area contributed by atoms with Crippen LogP contribution in [0.1, 0.15) is 44.0 Å². The van der Waals surface area contributed by atoms with Crippen molar-refractivity contribution < 1.29 is 14.3 Å². The summed E-state index contributed by atoms with van der Waals surface area (Å²) in [5.74, 6) is 0.672. The average molecular weight is 406 g/mol. The van der Waals surface area contributed by atoms with Gasteiger partial charge in [-0.2, -0.15) is 5.10 Å². The molecule has 4 heterocycles. The van der Waals surface area contributed by atoms with Gasteiger partial charge < -0.3 is 9.47 Å². The maximum atomic E-state index is 12.3. The fourth-order valence-electron chi connectivity index (χ4n) is 4.78. The highest BCUT2D eigenvalue weighted by atomic mass is 16.5. The Bertz CT molecular complexity index is 1090. The van der Waals surface area contributed by atoms with Crippen molar-refractivity contribution in [3.8, 4) is 17.0 Å². The molecule has 2 atom stereocenters. The summed E-state index contributed by atoms with van der Waals surface area (Å²) < 4.78 is 12.6. The van der Waals surface area contributed by atoms with Crippen LogP contribution in [0.25, 0.3) is 16.9 Å². The molecule has 7 nitrogen and oxygen atoms in total. The monoisotopic (exact) mass is 406 g/mol. The lowest BCUT2D eigenvalue weighted by molar-refractivity contribution is -0.149. The van der Waals surface area contributed by atoms with Gasteiger partial charge in [0.1, 0.15) is 5.75 Å². The quantitative estimate of drug-likeness (QED) is 0.605. The third-order valence-electron chi connectivity index (χ3n) is 6.11. The molecule has 2 aromatic heterocycles. The molecule has 7 heteroatoms. The van der Waals surface area contributed by atoms with Crippen LogP contribution in [0.2, 0.25) is 0 Å². The first-order chi connectivity index (χ1) is 14.5. The zero-order valence-electron chi connectivity index (χ0n) is 17.5. The van der Waals surface area contributed by atoms with E-state index >= 15 is 0 Å². The average Bonchev–Trinajstić information content (AvgIpc) is 3.27. The lowest BCUT2D eigenvalue weighted by Crippen LogP contribution is -2.42. The number of rotatable bonds is 5. The number of aromatic nitrogens is 3. The summed E-state index contributed by atoms with van der Waals surface area (Å²) in [6.45, 7) is 4.11. The van der Waals surface area contributed by atoms with Crippen molar-refractivity contribution in [2.75, 3.05) is 13.7 Å². The SMILES string of the molecule is COc1ccc(-c2cc3ncc4c(n3n2)C[C@H]2CC[C@H]4N2CC(=O)OC(C)C)cc1. The number of nitrogens with zero attached hydrogens (tertiary/aromatic N) is 4. The van der Waals surface area contributed by atoms with E-state index in [0.29, 0.717) is 12.6 Å². The molecule has 2 aliphatic rings. The fourth-order valence-corrected chi connectivity index (χ4v) is 4.78. The molecule has 5 rings (SSSR count). The molecule has 1 saturated heterocycles. The predicted molar refractivity (Wildman–Crippen MR) is 112 cm³/mol. The van der Waals surface area contributed by atoms with E-state index in [9.17, 15) is 4.79 Å². The van der Waals surface area contributed by atoms with Gasteiger partial charge in [-0.3, -0.25) is 9.69 Å². The second-order valence-electron chi connectivity index (χ2n) is 8.35. The molecule has 30 heavy (non-hydrogen) atoms. The van der Waals surface area contributed by atoms with E-state index < -0.39 is 0 Å². The Morgan fingerprint density at radius 2 is 2.03 bits per heavy atom. The molecule has 0 unspecified atom stereocenters. The van der Waals surface area contributed by atoms with Gasteiger partial charge in [-0.05, 0) is 51.0 Å². The number of esters is 1. The van der Waals surface area contributed by atoms with Gasteiger partial charge in [-0.1, -0.05) is 0 Å². The Morgan fingerprint density at radius 1 is 1.23 bits per heavy atom. The highest BCUT2D eigenvalue weighted by Gasteiger charge is 2.42. The summed E-state index contributed by atoms with van der Waals surface area (Å²) in [6.07, 6.45) is 4.85. The number of carbonyl (C=O) groups excluding carboxylic acids is 1. The molecule has 0 saturated carbocycles. The number of benzene rings is 1. The highest BCUT2D eigenvalue weighted by molar-refractivity contribution is 5.72. The maximum Gasteiger partial charge on any atom is 0.320 e. The molecule has 0 spiro atoms. The summed E-state index contributed by atoms with van der Waals surface area (Å²) in [7, 11) is 1.66. The molecule has 0 aliphatic carbocycles. The molecule has 1 fully saturated rings. The van der Waals surface area contributed by atoms with Crippen LogP contribution in [0.3, 0.4) is 0 Å². The summed E-state index contributed by atoms with van der Waals surface area (Å²) in [6, 6.07) is 10.5. The number of ether oxygens (including phenoxy) is 2. The molecular weight excluding hydrogens is 380 g/mol. The lowest BCUT2D eigenvalue weighted by Gasteiger charge is -2.35. The van der Waals surface area contributed by atoms with E-state index in [1.165, 1.54) is 11.3 Å². The Kier molecular flexibility index (Phi) is 4.70. The van der Waals surface area contributed by atoms with Gasteiger partial charge in [0.15, 0.2) is 5.65 Å². The normalized spacial score (nSPS) is 20.5. The lowest BCUT2D eigenvalue weighted by atomic mass is 9.99. The van der Waals surface area contributed by atoms with Crippen molar-refractivity contribution in [1.82, 2.24) is 19.5 Å². The van der Waals surface area contributed by atoms with Gasteiger partial charge in [0, 0.05) is 41.9 Å². The molecule has 2 bridgehead atoms. The maximum absolute atomic E-state index is 12.3. The number of fused-ring (bicyclic) bond motifs is 6. The first-order valence-electron chi connectivity index (χ1n) is 10.5. The van der Waals surface area contributed by atoms with Gasteiger partial charge >= 0.3 is 5.97 Å². The van der Waals surface area contributed by atoms with Crippen LogP contribution < -0.4 is 4.74 Å². The van der Waals surface area contributed by atoms with Gasteiger partial charge in [-0.25, -0.2) is 9.50 Å². The molecule has 2 aliphatic heterocycles. The Labute approximate surface area is 175 Å². The van der Waals surface area contributed by atoms with Crippen LogP contribution in [-0.4, -0.2) is 51.3 Å². The number of hydrogen-bond acceptors (Lipinski definition) is 6. The summed E-state index contributed by atoms with van der Waals surface area (Å²) >= 11 is 0. The minimum absolute atomic E-state index is 0.0889. The summed E-state index contributed by atoms with van der Waals surface area (Å²) in [5, 5.41) is 4.88. The van der Waals surface area contributed by atoms with Crippen LogP contribution in [0, 0.1) is 0 Å². The Balaban J connectivity index is 1.47. The molecule has 3 aromatic rings. The van der Waals surface area contributed by atoms with Gasteiger partial charge in [0.05, 0.1) is 31.1 Å². The van der Waals surface area contributed by atoms with Crippen molar-refractivity contribution >= 4 is 11.6 Å². The van der Waals surface area contributed by atoms with Crippen LogP contribution in [0.5, 0.6) is 5.75 Å². The van der Waals surface area contributed by atoms with E-state index in [4.69, 9.17) is 14.6 Å². The first-order valence-corrected chi connectivity index (χ1v) is 10.5. The van der Waals surface area contributed by atoms with Gasteiger partial charge in [0.2, 0.25) is 0 Å². The topological polar surface area (TPSA) is 69.0 Å². The summed E-state index contributed by atoms with van der Waals surface area (Å²) in [4.78, 5) is 19.2. The van der Waals surface area contributed by atoms with Crippen molar-refractivity contribution in [3.05, 3.63) is 47.8 Å². The Morgan fingerprint density at radius 3 is 2.77 bits per heavy atom. The summed E-state index contributed by atoms with van der Waals surface area (Å²) in [5.41, 5.74) is 5.17. The molecule has 0 radical (unpaired) electrons. The van der Waals surface area contributed by atoms with Crippen molar-refractivity contribution in [3.63, 3.8) is 0 Å². The minimum Gasteiger partial charge on any atom is -0.497 e. The van der Waals surface area contributed by atoms with Crippen LogP contribution in [-0.2, 0) is 16.0 Å². The third kappa shape index (κ3) is 3.23. The van der Waals surface area contributed by atoms with E-state index in [1.807, 2.05) is 54.9 Å². The van der Waals surface area contributed by atoms with E-state index in [0.717, 1.165) is 41.9 Å². The van der Waals surface area contributed by atoms with Gasteiger partial charge in [-0.15, -0.1) is 0 Å². The number of carbonyl (C=O) groups is 1. The second kappa shape index (κ2) is 7.40. The van der Waals surface area contributed by atoms with Crippen molar-refractivity contribution in [1.29, 1.82) is 0 Å². The smallest absolute Gasteiger partial charge is 0.320 e. The van der Waals surface area contributed by atoms with Crippen molar-refractivity contribution in [2.45, 2.75) is 51.3 Å². The zero-order chi connectivity index (χ0) is 20.8. The molecule has 156 valence electrons. The molecule has 1 aromatic carbocycles. The third-order valence-corrected chi connectivity index (χ3v) is 6.11. The standard InChI is InChI=1S/C23H26N4O3/c1-14(2)30-23(28)13-26-16-6-9-20(26)18-12-24-22-11-19(25-27(22)21(18)10-16)15-4-7-17(29-3)8-5-15/h4-5,7-8,11-12,14,16,20H,6,9-10,13H2,1-3H3/t16-,20-/m1/s1. The van der Waals surface area contributed by atoms with E-state index in [1.54, 1.807) is 7.11 Å².